The summed E-state index contributed by atoms with van der Waals surface area (Å²) in [4.78, 5) is 28.7. The summed E-state index contributed by atoms with van der Waals surface area (Å²) < 4.78 is 5.32. The Morgan fingerprint density at radius 1 is 1.04 bits per heavy atom. The van der Waals surface area contributed by atoms with Gasteiger partial charge in [-0.1, -0.05) is 29.8 Å². The maximum Gasteiger partial charge on any atom is 0.273 e. The van der Waals surface area contributed by atoms with Gasteiger partial charge < -0.3 is 4.74 Å². The standard InChI is InChI=1S/C19H23ClN2O3/c1-13-4-5-15(12-14(13)2)16-17(20)19(24)22(18(16)23)7-3-6-21-8-10-25-11-9-21/h4-5,12H,3,6-11H2,1-2H3. The molecular formula is C19H23ClN2O3. The maximum atomic E-state index is 12.7. The lowest BCUT2D eigenvalue weighted by Crippen LogP contribution is -2.39. The first-order chi connectivity index (χ1) is 12.0. The van der Waals surface area contributed by atoms with Gasteiger partial charge in [-0.2, -0.15) is 0 Å². The number of nitrogens with zero attached hydrogens (tertiary/aromatic N) is 2. The van der Waals surface area contributed by atoms with Crippen molar-refractivity contribution in [3.05, 3.63) is 39.9 Å². The lowest BCUT2D eigenvalue weighted by molar-refractivity contribution is -0.136. The van der Waals surface area contributed by atoms with Crippen LogP contribution in [0.2, 0.25) is 0 Å². The van der Waals surface area contributed by atoms with Crippen LogP contribution in [0.15, 0.2) is 23.2 Å². The van der Waals surface area contributed by atoms with Crippen molar-refractivity contribution in [3.8, 4) is 0 Å². The molecule has 6 heteroatoms. The van der Waals surface area contributed by atoms with E-state index >= 15 is 0 Å². The number of benzene rings is 1. The van der Waals surface area contributed by atoms with Crippen LogP contribution in [0.4, 0.5) is 0 Å². The molecule has 0 radical (unpaired) electrons. The molecule has 25 heavy (non-hydrogen) atoms. The molecule has 2 aliphatic rings. The molecule has 0 N–H and O–H groups in total. The van der Waals surface area contributed by atoms with Gasteiger partial charge in [-0.25, -0.2) is 0 Å². The molecule has 0 saturated carbocycles. The topological polar surface area (TPSA) is 49.9 Å². The highest BCUT2D eigenvalue weighted by Crippen LogP contribution is 2.32. The molecule has 1 saturated heterocycles. The van der Waals surface area contributed by atoms with Crippen LogP contribution < -0.4 is 0 Å². The Morgan fingerprint density at radius 2 is 1.76 bits per heavy atom. The molecule has 1 fully saturated rings. The van der Waals surface area contributed by atoms with Gasteiger partial charge >= 0.3 is 0 Å². The molecule has 0 aliphatic carbocycles. The van der Waals surface area contributed by atoms with Gasteiger partial charge in [-0.15, -0.1) is 0 Å². The van der Waals surface area contributed by atoms with Crippen LogP contribution >= 0.6 is 11.6 Å². The summed E-state index contributed by atoms with van der Waals surface area (Å²) in [5.74, 6) is -0.679. The van der Waals surface area contributed by atoms with Crippen LogP contribution in [0.25, 0.3) is 5.57 Å². The van der Waals surface area contributed by atoms with Crippen molar-refractivity contribution >= 4 is 29.0 Å². The lowest BCUT2D eigenvalue weighted by atomic mass is 10.0. The highest BCUT2D eigenvalue weighted by atomic mass is 35.5. The van der Waals surface area contributed by atoms with Gasteiger partial charge in [0.05, 0.1) is 18.8 Å². The second-order valence-electron chi connectivity index (χ2n) is 6.56. The summed E-state index contributed by atoms with van der Waals surface area (Å²) >= 11 is 6.21. The number of carbonyl (C=O) groups excluding carboxylic acids is 2. The largest absolute Gasteiger partial charge is 0.379 e. The molecule has 0 spiro atoms. The molecule has 1 aromatic carbocycles. The molecule has 2 amide bonds. The minimum absolute atomic E-state index is 0.0274. The van der Waals surface area contributed by atoms with Gasteiger partial charge in [-0.3, -0.25) is 19.4 Å². The minimum atomic E-state index is -0.387. The fourth-order valence-electron chi connectivity index (χ4n) is 3.17. The van der Waals surface area contributed by atoms with Crippen LogP contribution in [0.3, 0.4) is 0 Å². The summed E-state index contributed by atoms with van der Waals surface area (Å²) in [5.41, 5.74) is 3.24. The smallest absolute Gasteiger partial charge is 0.273 e. The van der Waals surface area contributed by atoms with E-state index in [1.807, 2.05) is 32.0 Å². The fraction of sp³-hybridized carbons (Fsp3) is 0.474. The van der Waals surface area contributed by atoms with Crippen molar-refractivity contribution in [1.82, 2.24) is 9.80 Å². The molecule has 5 nitrogen and oxygen atoms in total. The lowest BCUT2D eigenvalue weighted by Gasteiger charge is -2.27. The quantitative estimate of drug-likeness (QED) is 0.754. The Hall–Kier alpha value is -1.69. The Bertz CT molecular complexity index is 723. The van der Waals surface area contributed by atoms with Crippen molar-refractivity contribution in [2.75, 3.05) is 39.4 Å². The Morgan fingerprint density at radius 3 is 2.44 bits per heavy atom. The molecule has 3 rings (SSSR count). The summed E-state index contributed by atoms with van der Waals surface area (Å²) in [6, 6.07) is 5.71. The average Bonchev–Trinajstić information content (AvgIpc) is 2.82. The van der Waals surface area contributed by atoms with Gasteiger partial charge in [0.25, 0.3) is 11.8 Å². The molecule has 0 aromatic heterocycles. The number of morpholine rings is 1. The van der Waals surface area contributed by atoms with Crippen molar-refractivity contribution in [3.63, 3.8) is 0 Å². The number of imide groups is 1. The predicted molar refractivity (Wildman–Crippen MR) is 97.3 cm³/mol. The molecule has 0 unspecified atom stereocenters. The van der Waals surface area contributed by atoms with Crippen molar-refractivity contribution < 1.29 is 14.3 Å². The van der Waals surface area contributed by atoms with E-state index in [4.69, 9.17) is 16.3 Å². The van der Waals surface area contributed by atoms with E-state index in [2.05, 4.69) is 4.90 Å². The third-order valence-corrected chi connectivity index (χ3v) is 5.22. The molecule has 2 aliphatic heterocycles. The zero-order valence-electron chi connectivity index (χ0n) is 14.7. The average molecular weight is 363 g/mol. The van der Waals surface area contributed by atoms with Gasteiger partial charge in [0.15, 0.2) is 0 Å². The maximum absolute atomic E-state index is 12.7. The van der Waals surface area contributed by atoms with E-state index in [1.165, 1.54) is 4.90 Å². The number of amides is 2. The molecule has 134 valence electrons. The van der Waals surface area contributed by atoms with Gasteiger partial charge in [0.2, 0.25) is 0 Å². The third-order valence-electron chi connectivity index (χ3n) is 4.87. The molecular weight excluding hydrogens is 340 g/mol. The van der Waals surface area contributed by atoms with Crippen molar-refractivity contribution in [2.24, 2.45) is 0 Å². The molecule has 0 atom stereocenters. The Labute approximate surface area is 153 Å². The molecule has 2 heterocycles. The molecule has 1 aromatic rings. The SMILES string of the molecule is Cc1ccc(C2=C(Cl)C(=O)N(CCCN3CCOCC3)C2=O)cc1C. The number of carbonyl (C=O) groups is 2. The Kier molecular flexibility index (Phi) is 5.57. The number of hydrogen-bond acceptors (Lipinski definition) is 4. The summed E-state index contributed by atoms with van der Waals surface area (Å²) in [5, 5.41) is 0.0274. The number of hydrogen-bond donors (Lipinski definition) is 0. The van der Waals surface area contributed by atoms with E-state index in [9.17, 15) is 9.59 Å². The van der Waals surface area contributed by atoms with E-state index in [0.29, 0.717) is 17.7 Å². The zero-order valence-corrected chi connectivity index (χ0v) is 15.4. The number of ether oxygens (including phenoxy) is 1. The van der Waals surface area contributed by atoms with E-state index in [0.717, 1.165) is 50.4 Å². The van der Waals surface area contributed by atoms with Gasteiger partial charge in [0, 0.05) is 26.2 Å². The first-order valence-corrected chi connectivity index (χ1v) is 9.00. The van der Waals surface area contributed by atoms with Crippen LogP contribution in [-0.2, 0) is 14.3 Å². The number of halogens is 1. The fourth-order valence-corrected chi connectivity index (χ4v) is 3.47. The van der Waals surface area contributed by atoms with E-state index < -0.39 is 0 Å². The zero-order chi connectivity index (χ0) is 18.0. The van der Waals surface area contributed by atoms with E-state index in [1.54, 1.807) is 0 Å². The monoisotopic (exact) mass is 362 g/mol. The number of aryl methyl sites for hydroxylation is 2. The minimum Gasteiger partial charge on any atom is -0.379 e. The first kappa shape index (κ1) is 18.1. The summed E-state index contributed by atoms with van der Waals surface area (Å²) in [6.45, 7) is 8.50. The molecule has 0 bridgehead atoms. The number of rotatable bonds is 5. The second kappa shape index (κ2) is 7.68. The summed E-state index contributed by atoms with van der Waals surface area (Å²) in [7, 11) is 0. The van der Waals surface area contributed by atoms with Gasteiger partial charge in [-0.05, 0) is 37.0 Å². The highest BCUT2D eigenvalue weighted by Gasteiger charge is 2.37. The summed E-state index contributed by atoms with van der Waals surface area (Å²) in [6.07, 6.45) is 0.738. The van der Waals surface area contributed by atoms with Crippen LogP contribution in [0.5, 0.6) is 0 Å². The highest BCUT2D eigenvalue weighted by molar-refractivity contribution is 6.55. The van der Waals surface area contributed by atoms with Crippen LogP contribution in [-0.4, -0.2) is 61.0 Å². The normalized spacial score (nSPS) is 19.2. The third kappa shape index (κ3) is 3.78. The van der Waals surface area contributed by atoms with Crippen LogP contribution in [0.1, 0.15) is 23.1 Å². The van der Waals surface area contributed by atoms with Crippen molar-refractivity contribution in [2.45, 2.75) is 20.3 Å². The second-order valence-corrected chi connectivity index (χ2v) is 6.94. The van der Waals surface area contributed by atoms with E-state index in [-0.39, 0.29) is 16.8 Å². The Balaban J connectivity index is 1.67. The predicted octanol–water partition coefficient (Wildman–Crippen LogP) is 2.34. The van der Waals surface area contributed by atoms with Crippen LogP contribution in [0, 0.1) is 13.8 Å². The van der Waals surface area contributed by atoms with Crippen molar-refractivity contribution in [1.29, 1.82) is 0 Å². The first-order valence-electron chi connectivity index (χ1n) is 8.62. The van der Waals surface area contributed by atoms with Gasteiger partial charge in [0.1, 0.15) is 5.03 Å².